The maximum absolute atomic E-state index is 12.1. The van der Waals surface area contributed by atoms with Gasteiger partial charge in [-0.3, -0.25) is 0 Å². The molecule has 0 aromatic heterocycles. The van der Waals surface area contributed by atoms with Crippen LogP contribution in [0.25, 0.3) is 0 Å². The van der Waals surface area contributed by atoms with Crippen LogP contribution in [0.1, 0.15) is 25.3 Å². The molecule has 1 aliphatic rings. The zero-order chi connectivity index (χ0) is 14.1. The van der Waals surface area contributed by atoms with E-state index in [1.807, 2.05) is 6.92 Å². The van der Waals surface area contributed by atoms with Crippen LogP contribution in [0.15, 0.2) is 24.3 Å². The van der Waals surface area contributed by atoms with Crippen molar-refractivity contribution in [2.24, 2.45) is 0 Å². The first kappa shape index (κ1) is 14.1. The van der Waals surface area contributed by atoms with E-state index in [4.69, 9.17) is 4.74 Å². The van der Waals surface area contributed by atoms with Gasteiger partial charge in [0.25, 0.3) is 0 Å². The van der Waals surface area contributed by atoms with E-state index in [1.165, 1.54) is 18.2 Å². The molecule has 0 radical (unpaired) electrons. The number of alkyl halides is 3. The van der Waals surface area contributed by atoms with Crippen molar-refractivity contribution in [2.45, 2.75) is 37.8 Å². The summed E-state index contributed by atoms with van der Waals surface area (Å²) in [6, 6.07) is 5.45. The second kappa shape index (κ2) is 5.02. The Kier molecular flexibility index (Phi) is 3.73. The Morgan fingerprint density at radius 2 is 2.05 bits per heavy atom. The fourth-order valence-electron chi connectivity index (χ4n) is 2.27. The van der Waals surface area contributed by atoms with Crippen LogP contribution in [-0.2, 0) is 10.3 Å². The summed E-state index contributed by atoms with van der Waals surface area (Å²) in [4.78, 5) is 0. The SMILES string of the molecule is CCOC1CC(O)(c2cccc(OC(F)(F)F)c2)C1. The largest absolute Gasteiger partial charge is 0.573 e. The highest BCUT2D eigenvalue weighted by molar-refractivity contribution is 5.34. The Hall–Kier alpha value is -1.27. The van der Waals surface area contributed by atoms with E-state index in [2.05, 4.69) is 4.74 Å². The third-order valence-corrected chi connectivity index (χ3v) is 3.14. The highest BCUT2D eigenvalue weighted by atomic mass is 19.4. The molecule has 1 aromatic carbocycles. The molecule has 0 atom stereocenters. The topological polar surface area (TPSA) is 38.7 Å². The average Bonchev–Trinajstić information content (AvgIpc) is 2.25. The first-order valence-corrected chi connectivity index (χ1v) is 6.03. The van der Waals surface area contributed by atoms with Crippen LogP contribution in [0.3, 0.4) is 0 Å². The standard InChI is InChI=1S/C13H15F3O3/c1-2-18-11-7-12(17,8-11)9-4-3-5-10(6-9)19-13(14,15)16/h3-6,11,17H,2,7-8H2,1H3. The van der Waals surface area contributed by atoms with Gasteiger partial charge < -0.3 is 14.6 Å². The molecular weight excluding hydrogens is 261 g/mol. The predicted molar refractivity (Wildman–Crippen MR) is 61.7 cm³/mol. The second-order valence-electron chi connectivity index (χ2n) is 4.59. The summed E-state index contributed by atoms with van der Waals surface area (Å²) >= 11 is 0. The molecule has 0 amide bonds. The Bertz CT molecular complexity index is 439. The first-order valence-electron chi connectivity index (χ1n) is 6.03. The van der Waals surface area contributed by atoms with Crippen molar-refractivity contribution in [3.63, 3.8) is 0 Å². The van der Waals surface area contributed by atoms with Gasteiger partial charge >= 0.3 is 6.36 Å². The lowest BCUT2D eigenvalue weighted by molar-refractivity contribution is -0.274. The van der Waals surface area contributed by atoms with Crippen molar-refractivity contribution in [2.75, 3.05) is 6.61 Å². The molecule has 0 heterocycles. The number of aliphatic hydroxyl groups is 1. The van der Waals surface area contributed by atoms with Gasteiger partial charge in [0.15, 0.2) is 0 Å². The molecule has 19 heavy (non-hydrogen) atoms. The normalized spacial score (nSPS) is 26.9. The lowest BCUT2D eigenvalue weighted by atomic mass is 9.73. The molecule has 106 valence electrons. The number of rotatable bonds is 4. The zero-order valence-corrected chi connectivity index (χ0v) is 10.4. The molecule has 1 aromatic rings. The summed E-state index contributed by atoms with van der Waals surface area (Å²) in [6.07, 6.45) is -4.00. The van der Waals surface area contributed by atoms with Gasteiger partial charge in [-0.05, 0) is 24.6 Å². The van der Waals surface area contributed by atoms with E-state index in [0.29, 0.717) is 25.0 Å². The van der Waals surface area contributed by atoms with E-state index in [1.54, 1.807) is 6.07 Å². The minimum atomic E-state index is -4.73. The number of hydrogen-bond donors (Lipinski definition) is 1. The summed E-state index contributed by atoms with van der Waals surface area (Å²) in [5.74, 6) is -0.321. The molecule has 0 bridgehead atoms. The molecule has 1 aliphatic carbocycles. The van der Waals surface area contributed by atoms with Gasteiger partial charge in [0, 0.05) is 19.4 Å². The molecule has 2 rings (SSSR count). The summed E-state index contributed by atoms with van der Waals surface area (Å²) in [5.41, 5.74) is -0.699. The molecule has 0 spiro atoms. The maximum atomic E-state index is 12.1. The van der Waals surface area contributed by atoms with Gasteiger partial charge in [-0.1, -0.05) is 12.1 Å². The molecule has 6 heteroatoms. The van der Waals surface area contributed by atoms with Crippen LogP contribution in [0.4, 0.5) is 13.2 Å². The molecule has 1 saturated carbocycles. The number of hydrogen-bond acceptors (Lipinski definition) is 3. The van der Waals surface area contributed by atoms with Crippen LogP contribution < -0.4 is 4.74 Å². The Morgan fingerprint density at radius 3 is 2.63 bits per heavy atom. The van der Waals surface area contributed by atoms with E-state index in [9.17, 15) is 18.3 Å². The molecular formula is C13H15F3O3. The minimum absolute atomic E-state index is 0.0396. The number of benzene rings is 1. The first-order chi connectivity index (χ1) is 8.82. The summed E-state index contributed by atoms with van der Waals surface area (Å²) in [7, 11) is 0. The van der Waals surface area contributed by atoms with E-state index in [-0.39, 0.29) is 11.9 Å². The summed E-state index contributed by atoms with van der Waals surface area (Å²) < 4.78 is 45.5. The molecule has 1 N–H and O–H groups in total. The van der Waals surface area contributed by atoms with E-state index >= 15 is 0 Å². The van der Waals surface area contributed by atoms with Crippen molar-refractivity contribution in [1.82, 2.24) is 0 Å². The Labute approximate surface area is 108 Å². The van der Waals surface area contributed by atoms with Crippen LogP contribution in [-0.4, -0.2) is 24.2 Å². The summed E-state index contributed by atoms with van der Waals surface area (Å²) in [5, 5.41) is 10.3. The van der Waals surface area contributed by atoms with Crippen LogP contribution in [0, 0.1) is 0 Å². The van der Waals surface area contributed by atoms with Gasteiger partial charge in [0.05, 0.1) is 11.7 Å². The van der Waals surface area contributed by atoms with Crippen molar-refractivity contribution in [1.29, 1.82) is 0 Å². The van der Waals surface area contributed by atoms with Gasteiger partial charge in [-0.2, -0.15) is 0 Å². The minimum Gasteiger partial charge on any atom is -0.406 e. The van der Waals surface area contributed by atoms with Crippen molar-refractivity contribution in [3.8, 4) is 5.75 Å². The molecule has 0 unspecified atom stereocenters. The quantitative estimate of drug-likeness (QED) is 0.918. The fourth-order valence-corrected chi connectivity index (χ4v) is 2.27. The van der Waals surface area contributed by atoms with Crippen molar-refractivity contribution < 1.29 is 27.8 Å². The smallest absolute Gasteiger partial charge is 0.406 e. The van der Waals surface area contributed by atoms with Gasteiger partial charge in [0.2, 0.25) is 0 Å². The molecule has 3 nitrogen and oxygen atoms in total. The average molecular weight is 276 g/mol. The van der Waals surface area contributed by atoms with Crippen molar-refractivity contribution >= 4 is 0 Å². The predicted octanol–water partition coefficient (Wildman–Crippen LogP) is 2.97. The highest BCUT2D eigenvalue weighted by Crippen LogP contribution is 2.43. The molecule has 0 aliphatic heterocycles. The van der Waals surface area contributed by atoms with Crippen LogP contribution in [0.5, 0.6) is 5.75 Å². The monoisotopic (exact) mass is 276 g/mol. The third kappa shape index (κ3) is 3.39. The maximum Gasteiger partial charge on any atom is 0.573 e. The Morgan fingerprint density at radius 1 is 1.37 bits per heavy atom. The fraction of sp³-hybridized carbons (Fsp3) is 0.538. The van der Waals surface area contributed by atoms with Crippen LogP contribution in [0.2, 0.25) is 0 Å². The molecule has 1 fully saturated rings. The highest BCUT2D eigenvalue weighted by Gasteiger charge is 2.45. The lowest BCUT2D eigenvalue weighted by Gasteiger charge is -2.43. The van der Waals surface area contributed by atoms with Gasteiger partial charge in [-0.25, -0.2) is 0 Å². The number of halogens is 3. The van der Waals surface area contributed by atoms with Crippen LogP contribution >= 0.6 is 0 Å². The Balaban J connectivity index is 2.08. The summed E-state index contributed by atoms with van der Waals surface area (Å²) in [6.45, 7) is 2.41. The van der Waals surface area contributed by atoms with E-state index < -0.39 is 12.0 Å². The zero-order valence-electron chi connectivity index (χ0n) is 10.4. The molecule has 0 saturated heterocycles. The third-order valence-electron chi connectivity index (χ3n) is 3.14. The second-order valence-corrected chi connectivity index (χ2v) is 4.59. The van der Waals surface area contributed by atoms with Crippen molar-refractivity contribution in [3.05, 3.63) is 29.8 Å². The lowest BCUT2D eigenvalue weighted by Crippen LogP contribution is -2.45. The van der Waals surface area contributed by atoms with E-state index in [0.717, 1.165) is 0 Å². The number of ether oxygens (including phenoxy) is 2. The van der Waals surface area contributed by atoms with Gasteiger partial charge in [-0.15, -0.1) is 13.2 Å². The van der Waals surface area contributed by atoms with Gasteiger partial charge in [0.1, 0.15) is 5.75 Å².